The van der Waals surface area contributed by atoms with Gasteiger partial charge in [-0.3, -0.25) is 4.79 Å². The van der Waals surface area contributed by atoms with Crippen LogP contribution in [0.4, 0.5) is 0 Å². The lowest BCUT2D eigenvalue weighted by Gasteiger charge is -2.14. The van der Waals surface area contributed by atoms with E-state index in [9.17, 15) is 4.79 Å². The van der Waals surface area contributed by atoms with Gasteiger partial charge >= 0.3 is 0 Å². The Morgan fingerprint density at radius 2 is 1.73 bits per heavy atom. The van der Waals surface area contributed by atoms with Gasteiger partial charge in [-0.1, -0.05) is 43.3 Å². The topological polar surface area (TPSA) is 68.8 Å². The van der Waals surface area contributed by atoms with Crippen molar-refractivity contribution in [1.29, 1.82) is 0 Å². The van der Waals surface area contributed by atoms with E-state index in [1.165, 1.54) is 11.1 Å². The average Bonchev–Trinajstić information content (AvgIpc) is 2.75. The fourth-order valence-electron chi connectivity index (χ4n) is 3.07. The third-order valence-electron chi connectivity index (χ3n) is 4.74. The van der Waals surface area contributed by atoms with Gasteiger partial charge in [-0.2, -0.15) is 0 Å². The van der Waals surface area contributed by atoms with E-state index >= 15 is 0 Å². The minimum Gasteiger partial charge on any atom is -0.357 e. The molecule has 6 nitrogen and oxygen atoms in total. The summed E-state index contributed by atoms with van der Waals surface area (Å²) in [6.45, 7) is 7.68. The SMILES string of the molecule is CCNC(=NCc1cccc(C(=O)NCCN(C)C)c1)NCc1ccccc1CC. The first-order chi connectivity index (χ1) is 14.5. The number of likely N-dealkylation sites (N-methyl/N-ethyl adjacent to an activating group) is 1. The lowest BCUT2D eigenvalue weighted by molar-refractivity contribution is 0.0951. The number of rotatable bonds is 10. The maximum Gasteiger partial charge on any atom is 0.251 e. The first-order valence-electron chi connectivity index (χ1n) is 10.6. The van der Waals surface area contributed by atoms with Crippen molar-refractivity contribution in [2.75, 3.05) is 33.7 Å². The van der Waals surface area contributed by atoms with Gasteiger partial charge in [-0.15, -0.1) is 0 Å². The molecule has 0 aromatic heterocycles. The molecule has 1 amide bonds. The van der Waals surface area contributed by atoms with Crippen LogP contribution >= 0.6 is 0 Å². The molecule has 162 valence electrons. The highest BCUT2D eigenvalue weighted by molar-refractivity contribution is 5.94. The van der Waals surface area contributed by atoms with Crippen molar-refractivity contribution in [2.24, 2.45) is 4.99 Å². The highest BCUT2D eigenvalue weighted by Gasteiger charge is 2.06. The van der Waals surface area contributed by atoms with E-state index in [1.54, 1.807) is 0 Å². The molecule has 0 aliphatic rings. The standard InChI is InChI=1S/C24H35N5O/c1-5-20-11-7-8-12-22(20)18-28-24(25-6-2)27-17-19-10-9-13-21(16-19)23(30)26-14-15-29(3)4/h7-13,16H,5-6,14-15,17-18H2,1-4H3,(H,26,30)(H2,25,27,28). The molecule has 0 spiro atoms. The van der Waals surface area contributed by atoms with E-state index in [1.807, 2.05) is 43.3 Å². The maximum atomic E-state index is 12.3. The van der Waals surface area contributed by atoms with Gasteiger partial charge in [-0.05, 0) is 56.3 Å². The zero-order valence-electron chi connectivity index (χ0n) is 18.7. The number of aliphatic imine (C=N–C) groups is 1. The van der Waals surface area contributed by atoms with Gasteiger partial charge in [-0.25, -0.2) is 4.99 Å². The smallest absolute Gasteiger partial charge is 0.251 e. The zero-order valence-corrected chi connectivity index (χ0v) is 18.7. The summed E-state index contributed by atoms with van der Waals surface area (Å²) in [5.41, 5.74) is 4.29. The average molecular weight is 410 g/mol. The number of carbonyl (C=O) groups excluding carboxylic acids is 1. The molecule has 0 saturated heterocycles. The Balaban J connectivity index is 1.99. The van der Waals surface area contributed by atoms with E-state index < -0.39 is 0 Å². The van der Waals surface area contributed by atoms with Crippen LogP contribution in [0.3, 0.4) is 0 Å². The first-order valence-corrected chi connectivity index (χ1v) is 10.6. The molecule has 0 saturated carbocycles. The summed E-state index contributed by atoms with van der Waals surface area (Å²) >= 11 is 0. The summed E-state index contributed by atoms with van der Waals surface area (Å²) < 4.78 is 0. The number of guanidine groups is 1. The Hall–Kier alpha value is -2.86. The van der Waals surface area contributed by atoms with Gasteiger partial charge in [0.1, 0.15) is 0 Å². The second-order valence-electron chi connectivity index (χ2n) is 7.43. The Labute approximate surface area is 180 Å². The molecule has 6 heteroatoms. The van der Waals surface area contributed by atoms with Crippen molar-refractivity contribution >= 4 is 11.9 Å². The van der Waals surface area contributed by atoms with Crippen LogP contribution in [0.15, 0.2) is 53.5 Å². The Morgan fingerprint density at radius 1 is 0.967 bits per heavy atom. The van der Waals surface area contributed by atoms with Crippen molar-refractivity contribution < 1.29 is 4.79 Å². The number of amides is 1. The third-order valence-corrected chi connectivity index (χ3v) is 4.74. The normalized spacial score (nSPS) is 11.4. The van der Waals surface area contributed by atoms with Crippen LogP contribution in [0.25, 0.3) is 0 Å². The molecular formula is C24H35N5O. The Morgan fingerprint density at radius 3 is 2.43 bits per heavy atom. The third kappa shape index (κ3) is 7.87. The molecule has 0 aliphatic carbocycles. The monoisotopic (exact) mass is 409 g/mol. The zero-order chi connectivity index (χ0) is 21.8. The number of hydrogen-bond donors (Lipinski definition) is 3. The van der Waals surface area contributed by atoms with Crippen LogP contribution in [0.5, 0.6) is 0 Å². The van der Waals surface area contributed by atoms with E-state index in [0.717, 1.165) is 37.6 Å². The fraction of sp³-hybridized carbons (Fsp3) is 0.417. The van der Waals surface area contributed by atoms with Crippen LogP contribution < -0.4 is 16.0 Å². The van der Waals surface area contributed by atoms with Gasteiger partial charge in [0.05, 0.1) is 6.54 Å². The molecular weight excluding hydrogens is 374 g/mol. The largest absolute Gasteiger partial charge is 0.357 e. The number of aryl methyl sites for hydroxylation is 1. The van der Waals surface area contributed by atoms with Crippen LogP contribution in [-0.2, 0) is 19.5 Å². The molecule has 2 rings (SSSR count). The summed E-state index contributed by atoms with van der Waals surface area (Å²) in [5.74, 6) is 0.716. The molecule has 0 atom stereocenters. The lowest BCUT2D eigenvalue weighted by atomic mass is 10.1. The van der Waals surface area contributed by atoms with Gasteiger partial charge < -0.3 is 20.9 Å². The van der Waals surface area contributed by atoms with Crippen molar-refractivity contribution in [3.8, 4) is 0 Å². The minimum atomic E-state index is -0.0520. The number of nitrogens with one attached hydrogen (secondary N) is 3. The number of nitrogens with zero attached hydrogens (tertiary/aromatic N) is 2. The molecule has 30 heavy (non-hydrogen) atoms. The maximum absolute atomic E-state index is 12.3. The predicted octanol–water partition coefficient (Wildman–Crippen LogP) is 2.80. The molecule has 0 radical (unpaired) electrons. The quantitative estimate of drug-likeness (QED) is 0.417. The van der Waals surface area contributed by atoms with Crippen molar-refractivity contribution in [3.63, 3.8) is 0 Å². The summed E-state index contributed by atoms with van der Waals surface area (Å²) in [7, 11) is 3.98. The van der Waals surface area contributed by atoms with E-state index in [-0.39, 0.29) is 5.91 Å². The molecule has 3 N–H and O–H groups in total. The number of hydrogen-bond acceptors (Lipinski definition) is 3. The van der Waals surface area contributed by atoms with Crippen LogP contribution in [0.1, 0.15) is 40.9 Å². The van der Waals surface area contributed by atoms with E-state index in [0.29, 0.717) is 18.7 Å². The Kier molecular flexibility index (Phi) is 9.87. The summed E-state index contributed by atoms with van der Waals surface area (Å²) in [5, 5.41) is 9.65. The Bertz CT molecular complexity index is 832. The fourth-order valence-corrected chi connectivity index (χ4v) is 3.07. The second-order valence-corrected chi connectivity index (χ2v) is 7.43. The molecule has 0 bridgehead atoms. The molecule has 0 fully saturated rings. The summed E-state index contributed by atoms with van der Waals surface area (Å²) in [4.78, 5) is 19.1. The van der Waals surface area contributed by atoms with Gasteiger partial charge in [0.2, 0.25) is 0 Å². The highest BCUT2D eigenvalue weighted by atomic mass is 16.1. The van der Waals surface area contributed by atoms with Crippen LogP contribution in [0.2, 0.25) is 0 Å². The number of benzene rings is 2. The van der Waals surface area contributed by atoms with Gasteiger partial charge in [0.25, 0.3) is 5.91 Å². The van der Waals surface area contributed by atoms with Gasteiger partial charge in [0, 0.05) is 31.7 Å². The molecule has 0 heterocycles. The number of carbonyl (C=O) groups is 1. The molecule has 0 unspecified atom stereocenters. The van der Waals surface area contributed by atoms with Crippen molar-refractivity contribution in [2.45, 2.75) is 33.4 Å². The van der Waals surface area contributed by atoms with Crippen molar-refractivity contribution in [1.82, 2.24) is 20.9 Å². The van der Waals surface area contributed by atoms with E-state index in [2.05, 4.69) is 54.1 Å². The summed E-state index contributed by atoms with van der Waals surface area (Å²) in [6.07, 6.45) is 1.01. The first kappa shape index (κ1) is 23.4. The lowest BCUT2D eigenvalue weighted by Crippen LogP contribution is -2.37. The summed E-state index contributed by atoms with van der Waals surface area (Å²) in [6, 6.07) is 16.1. The van der Waals surface area contributed by atoms with Crippen LogP contribution in [-0.4, -0.2) is 50.5 Å². The van der Waals surface area contributed by atoms with Crippen LogP contribution in [0, 0.1) is 0 Å². The van der Waals surface area contributed by atoms with Crippen molar-refractivity contribution in [3.05, 3.63) is 70.8 Å². The predicted molar refractivity (Wildman–Crippen MR) is 125 cm³/mol. The van der Waals surface area contributed by atoms with E-state index in [4.69, 9.17) is 4.99 Å². The molecule has 2 aromatic carbocycles. The molecule has 0 aliphatic heterocycles. The minimum absolute atomic E-state index is 0.0520. The van der Waals surface area contributed by atoms with Gasteiger partial charge in [0.15, 0.2) is 5.96 Å². The second kappa shape index (κ2) is 12.6. The highest BCUT2D eigenvalue weighted by Crippen LogP contribution is 2.09. The molecule has 2 aromatic rings.